The van der Waals surface area contributed by atoms with Crippen molar-refractivity contribution in [1.82, 2.24) is 4.72 Å². The molecule has 1 aromatic carbocycles. The highest BCUT2D eigenvalue weighted by molar-refractivity contribution is 7.89. The molecule has 0 saturated carbocycles. The van der Waals surface area contributed by atoms with Crippen LogP contribution < -0.4 is 4.72 Å². The van der Waals surface area contributed by atoms with Crippen molar-refractivity contribution in [3.63, 3.8) is 0 Å². The highest BCUT2D eigenvalue weighted by Gasteiger charge is 2.17. The van der Waals surface area contributed by atoms with Crippen molar-refractivity contribution in [2.75, 3.05) is 25.5 Å². The van der Waals surface area contributed by atoms with E-state index >= 15 is 0 Å². The summed E-state index contributed by atoms with van der Waals surface area (Å²) >= 11 is 0. The SMILES string of the molecule is O=S(=O)(CCc1ccccc1)NCC1CCOCC1. The number of rotatable bonds is 6. The fourth-order valence-electron chi connectivity index (χ4n) is 2.16. The average molecular weight is 283 g/mol. The summed E-state index contributed by atoms with van der Waals surface area (Å²) in [4.78, 5) is 0. The molecule has 1 N–H and O–H groups in total. The van der Waals surface area contributed by atoms with Crippen molar-refractivity contribution in [2.24, 2.45) is 5.92 Å². The molecule has 1 heterocycles. The number of nitrogens with one attached hydrogen (secondary N) is 1. The lowest BCUT2D eigenvalue weighted by Gasteiger charge is -2.22. The number of hydrogen-bond acceptors (Lipinski definition) is 3. The fraction of sp³-hybridized carbons (Fsp3) is 0.571. The van der Waals surface area contributed by atoms with E-state index in [2.05, 4.69) is 4.72 Å². The lowest BCUT2D eigenvalue weighted by molar-refractivity contribution is 0.0678. The first-order valence-corrected chi connectivity index (χ1v) is 8.40. The molecule has 106 valence electrons. The zero-order valence-corrected chi connectivity index (χ0v) is 11.9. The number of benzene rings is 1. The van der Waals surface area contributed by atoms with Gasteiger partial charge in [0.1, 0.15) is 0 Å². The Morgan fingerprint density at radius 2 is 1.84 bits per heavy atom. The molecule has 1 fully saturated rings. The molecule has 1 aliphatic heterocycles. The van der Waals surface area contributed by atoms with Gasteiger partial charge in [0.2, 0.25) is 10.0 Å². The van der Waals surface area contributed by atoms with E-state index in [0.717, 1.165) is 31.6 Å². The highest BCUT2D eigenvalue weighted by Crippen LogP contribution is 2.13. The van der Waals surface area contributed by atoms with Gasteiger partial charge < -0.3 is 4.74 Å². The van der Waals surface area contributed by atoms with Crippen LogP contribution in [0, 0.1) is 5.92 Å². The zero-order chi connectivity index (χ0) is 13.6. The molecule has 1 aliphatic rings. The summed E-state index contributed by atoms with van der Waals surface area (Å²) in [5, 5.41) is 0. The van der Waals surface area contributed by atoms with E-state index in [1.165, 1.54) is 0 Å². The van der Waals surface area contributed by atoms with Crippen molar-refractivity contribution >= 4 is 10.0 Å². The first kappa shape index (κ1) is 14.5. The summed E-state index contributed by atoms with van der Waals surface area (Å²) in [6.07, 6.45) is 2.45. The van der Waals surface area contributed by atoms with Crippen LogP contribution in [-0.2, 0) is 21.2 Å². The molecule has 0 bridgehead atoms. The van der Waals surface area contributed by atoms with Crippen molar-refractivity contribution in [3.05, 3.63) is 35.9 Å². The summed E-state index contributed by atoms with van der Waals surface area (Å²) < 4.78 is 31.8. The van der Waals surface area contributed by atoms with Crippen molar-refractivity contribution < 1.29 is 13.2 Å². The molecule has 0 radical (unpaired) electrons. The van der Waals surface area contributed by atoms with Crippen LogP contribution in [0.1, 0.15) is 18.4 Å². The molecule has 4 nitrogen and oxygen atoms in total. The van der Waals surface area contributed by atoms with Gasteiger partial charge in [-0.1, -0.05) is 30.3 Å². The van der Waals surface area contributed by atoms with Gasteiger partial charge in [-0.3, -0.25) is 0 Å². The minimum Gasteiger partial charge on any atom is -0.381 e. The maximum absolute atomic E-state index is 11.9. The van der Waals surface area contributed by atoms with E-state index in [1.807, 2.05) is 30.3 Å². The topological polar surface area (TPSA) is 55.4 Å². The Morgan fingerprint density at radius 1 is 1.16 bits per heavy atom. The Balaban J connectivity index is 1.75. The maximum Gasteiger partial charge on any atom is 0.211 e. The van der Waals surface area contributed by atoms with Crippen LogP contribution >= 0.6 is 0 Å². The zero-order valence-electron chi connectivity index (χ0n) is 11.0. The Bertz CT molecular complexity index is 467. The Morgan fingerprint density at radius 3 is 2.53 bits per heavy atom. The van der Waals surface area contributed by atoms with Gasteiger partial charge in [-0.05, 0) is 30.7 Å². The van der Waals surface area contributed by atoms with Gasteiger partial charge in [-0.25, -0.2) is 13.1 Å². The minimum atomic E-state index is -3.17. The molecule has 2 rings (SSSR count). The summed E-state index contributed by atoms with van der Waals surface area (Å²) in [5.74, 6) is 0.570. The number of hydrogen-bond donors (Lipinski definition) is 1. The quantitative estimate of drug-likeness (QED) is 0.862. The van der Waals surface area contributed by atoms with Gasteiger partial charge in [0.25, 0.3) is 0 Å². The minimum absolute atomic E-state index is 0.153. The third-order valence-electron chi connectivity index (χ3n) is 3.44. The third kappa shape index (κ3) is 5.30. The predicted molar refractivity (Wildman–Crippen MR) is 75.5 cm³/mol. The number of ether oxygens (including phenoxy) is 1. The first-order valence-electron chi connectivity index (χ1n) is 6.75. The largest absolute Gasteiger partial charge is 0.381 e. The lowest BCUT2D eigenvalue weighted by Crippen LogP contribution is -2.34. The van der Waals surface area contributed by atoms with E-state index in [9.17, 15) is 8.42 Å². The van der Waals surface area contributed by atoms with E-state index in [4.69, 9.17) is 4.74 Å². The van der Waals surface area contributed by atoms with E-state index < -0.39 is 10.0 Å². The van der Waals surface area contributed by atoms with Crippen LogP contribution in [0.2, 0.25) is 0 Å². The molecular formula is C14H21NO3S. The van der Waals surface area contributed by atoms with Crippen molar-refractivity contribution in [2.45, 2.75) is 19.3 Å². The second-order valence-corrected chi connectivity index (χ2v) is 6.89. The van der Waals surface area contributed by atoms with Crippen LogP contribution in [0.25, 0.3) is 0 Å². The predicted octanol–water partition coefficient (Wildman–Crippen LogP) is 1.58. The van der Waals surface area contributed by atoms with Crippen LogP contribution in [0.5, 0.6) is 0 Å². The average Bonchev–Trinajstić information content (AvgIpc) is 2.46. The van der Waals surface area contributed by atoms with Gasteiger partial charge in [0, 0.05) is 19.8 Å². The van der Waals surface area contributed by atoms with Crippen LogP contribution in [0.4, 0.5) is 0 Å². The van der Waals surface area contributed by atoms with Gasteiger partial charge in [-0.2, -0.15) is 0 Å². The molecule has 0 aliphatic carbocycles. The number of aryl methyl sites for hydroxylation is 1. The summed E-state index contributed by atoms with van der Waals surface area (Å²) in [6, 6.07) is 9.69. The first-order chi connectivity index (χ1) is 9.16. The molecule has 0 atom stereocenters. The fourth-order valence-corrected chi connectivity index (χ4v) is 3.30. The molecule has 0 amide bonds. The van der Waals surface area contributed by atoms with Gasteiger partial charge in [0.15, 0.2) is 0 Å². The van der Waals surface area contributed by atoms with Gasteiger partial charge >= 0.3 is 0 Å². The Hall–Kier alpha value is -0.910. The molecule has 0 unspecified atom stereocenters. The van der Waals surface area contributed by atoms with Crippen molar-refractivity contribution in [1.29, 1.82) is 0 Å². The standard InChI is InChI=1S/C14H21NO3S/c16-19(17,11-8-13-4-2-1-3-5-13)15-12-14-6-9-18-10-7-14/h1-5,14-15H,6-12H2. The monoisotopic (exact) mass is 283 g/mol. The van der Waals surface area contributed by atoms with Crippen LogP contribution in [0.3, 0.4) is 0 Å². The van der Waals surface area contributed by atoms with Crippen LogP contribution in [-0.4, -0.2) is 33.9 Å². The molecule has 0 aromatic heterocycles. The van der Waals surface area contributed by atoms with Gasteiger partial charge in [-0.15, -0.1) is 0 Å². The molecular weight excluding hydrogens is 262 g/mol. The Kier molecular flexibility index (Phi) is 5.36. The summed E-state index contributed by atoms with van der Waals surface area (Å²) in [6.45, 7) is 2.04. The summed E-state index contributed by atoms with van der Waals surface area (Å²) in [5.41, 5.74) is 1.05. The Labute approximate surface area is 115 Å². The number of sulfonamides is 1. The van der Waals surface area contributed by atoms with Crippen LogP contribution in [0.15, 0.2) is 30.3 Å². The molecule has 1 saturated heterocycles. The molecule has 19 heavy (non-hydrogen) atoms. The molecule has 0 spiro atoms. The summed E-state index contributed by atoms with van der Waals surface area (Å²) in [7, 11) is -3.17. The van der Waals surface area contributed by atoms with E-state index in [-0.39, 0.29) is 5.75 Å². The second-order valence-electron chi connectivity index (χ2n) is 4.96. The van der Waals surface area contributed by atoms with Gasteiger partial charge in [0.05, 0.1) is 5.75 Å². The van der Waals surface area contributed by atoms with E-state index in [1.54, 1.807) is 0 Å². The lowest BCUT2D eigenvalue weighted by atomic mass is 10.0. The third-order valence-corrected chi connectivity index (χ3v) is 4.78. The highest BCUT2D eigenvalue weighted by atomic mass is 32.2. The van der Waals surface area contributed by atoms with Crippen molar-refractivity contribution in [3.8, 4) is 0 Å². The normalized spacial score (nSPS) is 17.5. The molecule has 1 aromatic rings. The second kappa shape index (κ2) is 7.03. The maximum atomic E-state index is 11.9. The smallest absolute Gasteiger partial charge is 0.211 e. The van der Waals surface area contributed by atoms with E-state index in [0.29, 0.717) is 18.9 Å². The molecule has 5 heteroatoms.